The zero-order valence-electron chi connectivity index (χ0n) is 15.0. The SMILES string of the molecule is CC(=O)N1CCN(C(=O)c2ccnc(Nc3cccc(C(F)(F)F)c3)n2)CC1. The van der Waals surface area contributed by atoms with E-state index in [0.717, 1.165) is 12.1 Å². The van der Waals surface area contributed by atoms with Crippen molar-refractivity contribution in [3.05, 3.63) is 47.8 Å². The molecule has 2 amide bonds. The number of nitrogens with one attached hydrogen (secondary N) is 1. The minimum absolute atomic E-state index is 0.0209. The molecule has 1 saturated heterocycles. The number of benzene rings is 1. The molecule has 0 unspecified atom stereocenters. The predicted octanol–water partition coefficient (Wildman–Crippen LogP) is 2.54. The van der Waals surface area contributed by atoms with E-state index in [1.54, 1.807) is 9.80 Å². The Morgan fingerprint density at radius 1 is 1.07 bits per heavy atom. The topological polar surface area (TPSA) is 78.4 Å². The summed E-state index contributed by atoms with van der Waals surface area (Å²) in [7, 11) is 0. The summed E-state index contributed by atoms with van der Waals surface area (Å²) in [4.78, 5) is 35.3. The summed E-state index contributed by atoms with van der Waals surface area (Å²) < 4.78 is 38.5. The monoisotopic (exact) mass is 393 g/mol. The van der Waals surface area contributed by atoms with Gasteiger partial charge in [0.05, 0.1) is 5.56 Å². The molecule has 28 heavy (non-hydrogen) atoms. The van der Waals surface area contributed by atoms with Crippen LogP contribution in [0.5, 0.6) is 0 Å². The number of anilines is 2. The van der Waals surface area contributed by atoms with Crippen LogP contribution in [-0.2, 0) is 11.0 Å². The molecule has 1 N–H and O–H groups in total. The van der Waals surface area contributed by atoms with Crippen molar-refractivity contribution < 1.29 is 22.8 Å². The van der Waals surface area contributed by atoms with Crippen molar-refractivity contribution in [2.45, 2.75) is 13.1 Å². The van der Waals surface area contributed by atoms with Gasteiger partial charge in [0.25, 0.3) is 5.91 Å². The second-order valence-corrected chi connectivity index (χ2v) is 6.27. The molecule has 1 aliphatic rings. The summed E-state index contributed by atoms with van der Waals surface area (Å²) in [6, 6.07) is 6.07. The summed E-state index contributed by atoms with van der Waals surface area (Å²) in [5.74, 6) is -0.341. The molecule has 2 aromatic rings. The zero-order chi connectivity index (χ0) is 20.3. The Balaban J connectivity index is 1.71. The predicted molar refractivity (Wildman–Crippen MR) is 94.9 cm³/mol. The maximum Gasteiger partial charge on any atom is 0.416 e. The van der Waals surface area contributed by atoms with Crippen molar-refractivity contribution in [1.82, 2.24) is 19.8 Å². The molecule has 0 saturated carbocycles. The minimum Gasteiger partial charge on any atom is -0.339 e. The molecule has 0 radical (unpaired) electrons. The first-order valence-corrected chi connectivity index (χ1v) is 8.56. The molecule has 2 heterocycles. The molecule has 7 nitrogen and oxygen atoms in total. The molecule has 0 spiro atoms. The number of carbonyl (C=O) groups is 2. The molecule has 10 heteroatoms. The van der Waals surface area contributed by atoms with E-state index in [0.29, 0.717) is 26.2 Å². The molecule has 1 aromatic carbocycles. The summed E-state index contributed by atoms with van der Waals surface area (Å²) in [6.07, 6.45) is -3.10. The van der Waals surface area contributed by atoms with Crippen LogP contribution in [0.25, 0.3) is 0 Å². The first-order chi connectivity index (χ1) is 13.2. The molecule has 1 aromatic heterocycles. The van der Waals surface area contributed by atoms with E-state index in [2.05, 4.69) is 15.3 Å². The number of amides is 2. The van der Waals surface area contributed by atoms with E-state index in [1.165, 1.54) is 31.3 Å². The van der Waals surface area contributed by atoms with Gasteiger partial charge < -0.3 is 15.1 Å². The second-order valence-electron chi connectivity index (χ2n) is 6.27. The van der Waals surface area contributed by atoms with Gasteiger partial charge in [-0.1, -0.05) is 6.07 Å². The van der Waals surface area contributed by atoms with Gasteiger partial charge in [-0.3, -0.25) is 9.59 Å². The highest BCUT2D eigenvalue weighted by Gasteiger charge is 2.30. The minimum atomic E-state index is -4.46. The van der Waals surface area contributed by atoms with Gasteiger partial charge in [0, 0.05) is 45.0 Å². The summed E-state index contributed by atoms with van der Waals surface area (Å²) in [6.45, 7) is 3.15. The quantitative estimate of drug-likeness (QED) is 0.867. The molecule has 1 aliphatic heterocycles. The van der Waals surface area contributed by atoms with Crippen molar-refractivity contribution in [3.8, 4) is 0 Å². The smallest absolute Gasteiger partial charge is 0.339 e. The molecular formula is C18H18F3N5O2. The maximum atomic E-state index is 12.8. The van der Waals surface area contributed by atoms with Crippen LogP contribution in [0.15, 0.2) is 36.5 Å². The van der Waals surface area contributed by atoms with E-state index >= 15 is 0 Å². The van der Waals surface area contributed by atoms with Crippen molar-refractivity contribution in [2.75, 3.05) is 31.5 Å². The van der Waals surface area contributed by atoms with Crippen LogP contribution in [0.3, 0.4) is 0 Å². The fraction of sp³-hybridized carbons (Fsp3) is 0.333. The number of carbonyl (C=O) groups excluding carboxylic acids is 2. The highest BCUT2D eigenvalue weighted by molar-refractivity contribution is 5.92. The van der Waals surface area contributed by atoms with E-state index in [9.17, 15) is 22.8 Å². The van der Waals surface area contributed by atoms with Crippen molar-refractivity contribution >= 4 is 23.5 Å². The van der Waals surface area contributed by atoms with Crippen LogP contribution in [0.2, 0.25) is 0 Å². The maximum absolute atomic E-state index is 12.8. The Hall–Kier alpha value is -3.17. The van der Waals surface area contributed by atoms with Gasteiger partial charge in [-0.25, -0.2) is 9.97 Å². The normalized spacial score (nSPS) is 14.7. The van der Waals surface area contributed by atoms with Gasteiger partial charge in [-0.2, -0.15) is 13.2 Å². The first-order valence-electron chi connectivity index (χ1n) is 8.56. The highest BCUT2D eigenvalue weighted by atomic mass is 19.4. The van der Waals surface area contributed by atoms with Gasteiger partial charge in [0.15, 0.2) is 0 Å². The molecule has 0 aliphatic carbocycles. The van der Waals surface area contributed by atoms with Crippen LogP contribution in [0.4, 0.5) is 24.8 Å². The highest BCUT2D eigenvalue weighted by Crippen LogP contribution is 2.31. The molecule has 0 bridgehead atoms. The third-order valence-corrected chi connectivity index (χ3v) is 4.33. The lowest BCUT2D eigenvalue weighted by Gasteiger charge is -2.34. The number of rotatable bonds is 3. The van der Waals surface area contributed by atoms with Crippen LogP contribution in [-0.4, -0.2) is 57.8 Å². The zero-order valence-corrected chi connectivity index (χ0v) is 15.0. The lowest BCUT2D eigenvalue weighted by molar-refractivity contribution is -0.137. The number of alkyl halides is 3. The number of nitrogens with zero attached hydrogens (tertiary/aromatic N) is 4. The Morgan fingerprint density at radius 3 is 2.39 bits per heavy atom. The van der Waals surface area contributed by atoms with E-state index in [1.807, 2.05) is 0 Å². The van der Waals surface area contributed by atoms with Crippen LogP contribution >= 0.6 is 0 Å². The van der Waals surface area contributed by atoms with E-state index in [-0.39, 0.29) is 29.1 Å². The molecule has 148 valence electrons. The summed E-state index contributed by atoms with van der Waals surface area (Å²) >= 11 is 0. The Labute approximate surface area is 159 Å². The number of halogens is 3. The molecule has 3 rings (SSSR count). The molecule has 1 fully saturated rings. The summed E-state index contributed by atoms with van der Waals surface area (Å²) in [5.41, 5.74) is -0.511. The van der Waals surface area contributed by atoms with Crippen LogP contribution in [0, 0.1) is 0 Å². The van der Waals surface area contributed by atoms with Gasteiger partial charge in [-0.05, 0) is 24.3 Å². The number of aromatic nitrogens is 2. The van der Waals surface area contributed by atoms with Gasteiger partial charge >= 0.3 is 6.18 Å². The Bertz CT molecular complexity index is 880. The van der Waals surface area contributed by atoms with E-state index in [4.69, 9.17) is 0 Å². The van der Waals surface area contributed by atoms with Gasteiger partial charge in [-0.15, -0.1) is 0 Å². The average molecular weight is 393 g/mol. The van der Waals surface area contributed by atoms with Crippen LogP contribution < -0.4 is 5.32 Å². The van der Waals surface area contributed by atoms with Crippen LogP contribution in [0.1, 0.15) is 23.0 Å². The lowest BCUT2D eigenvalue weighted by Crippen LogP contribution is -2.50. The fourth-order valence-corrected chi connectivity index (χ4v) is 2.83. The average Bonchev–Trinajstić information content (AvgIpc) is 2.67. The number of hydrogen-bond acceptors (Lipinski definition) is 5. The Morgan fingerprint density at radius 2 is 1.75 bits per heavy atom. The second kappa shape index (κ2) is 7.83. The van der Waals surface area contributed by atoms with Crippen molar-refractivity contribution in [3.63, 3.8) is 0 Å². The van der Waals surface area contributed by atoms with Crippen molar-refractivity contribution in [2.24, 2.45) is 0 Å². The Kier molecular flexibility index (Phi) is 5.48. The third kappa shape index (κ3) is 4.56. The molecular weight excluding hydrogens is 375 g/mol. The number of piperazine rings is 1. The van der Waals surface area contributed by atoms with E-state index < -0.39 is 11.7 Å². The first kappa shape index (κ1) is 19.6. The fourth-order valence-electron chi connectivity index (χ4n) is 2.83. The molecule has 0 atom stereocenters. The van der Waals surface area contributed by atoms with Gasteiger partial charge in [0.2, 0.25) is 11.9 Å². The number of hydrogen-bond donors (Lipinski definition) is 1. The lowest BCUT2D eigenvalue weighted by atomic mass is 10.2. The third-order valence-electron chi connectivity index (χ3n) is 4.33. The largest absolute Gasteiger partial charge is 0.416 e. The standard InChI is InChI=1S/C18H18F3N5O2/c1-12(27)25-7-9-26(10-8-25)16(28)15-5-6-22-17(24-15)23-14-4-2-3-13(11-14)18(19,20)21/h2-6,11H,7-10H2,1H3,(H,22,23,24). The summed E-state index contributed by atoms with van der Waals surface area (Å²) in [5, 5.41) is 2.69. The van der Waals surface area contributed by atoms with Gasteiger partial charge in [0.1, 0.15) is 5.69 Å². The van der Waals surface area contributed by atoms with Crippen molar-refractivity contribution in [1.29, 1.82) is 0 Å².